The second-order valence-corrected chi connectivity index (χ2v) is 9.62. The Kier molecular flexibility index (Phi) is 17.2. The molecule has 0 spiro atoms. The summed E-state index contributed by atoms with van der Waals surface area (Å²) in [5, 5.41) is 35.9. The van der Waals surface area contributed by atoms with Crippen LogP contribution in [-0.2, 0) is 12.8 Å². The van der Waals surface area contributed by atoms with Crippen LogP contribution in [0.3, 0.4) is 0 Å². The number of aliphatic hydroxyl groups is 2. The smallest absolute Gasteiger partial charge is 0.335 e. The van der Waals surface area contributed by atoms with Gasteiger partial charge in [-0.1, -0.05) is 71.2 Å². The van der Waals surface area contributed by atoms with Gasteiger partial charge in [0.25, 0.3) is 0 Å². The average molecular weight is 503 g/mol. The molecule has 0 aliphatic heterocycles. The number of rotatable bonds is 11. The molecule has 0 heterocycles. The zero-order chi connectivity index (χ0) is 27.7. The first-order chi connectivity index (χ1) is 16.9. The van der Waals surface area contributed by atoms with Crippen molar-refractivity contribution in [1.29, 1.82) is 0 Å². The standard InChI is InChI=1S/2C10H12O2.C10H22O2/c2*1-2-3-8-4-6-9(7-5-8)10(11)12;1-7(2)5-6-10(8(3)11)9(4)12/h2*4-7H,2-3H2,1H3,(H,11,12);7-12H,5-6H2,1-4H3. The second kappa shape index (κ2) is 18.6. The van der Waals surface area contributed by atoms with Crippen LogP contribution in [-0.4, -0.2) is 44.6 Å². The molecule has 2 unspecified atom stereocenters. The number of carboxylic acid groups (broad SMARTS) is 2. The molecule has 0 aliphatic rings. The van der Waals surface area contributed by atoms with Crippen molar-refractivity contribution in [3.63, 3.8) is 0 Å². The van der Waals surface area contributed by atoms with Gasteiger partial charge in [-0.05, 0) is 74.4 Å². The van der Waals surface area contributed by atoms with E-state index >= 15 is 0 Å². The van der Waals surface area contributed by atoms with Crippen LogP contribution in [0.5, 0.6) is 0 Å². The predicted molar refractivity (Wildman–Crippen MR) is 146 cm³/mol. The molecule has 0 aliphatic carbocycles. The minimum absolute atomic E-state index is 0.0346. The first-order valence-corrected chi connectivity index (χ1v) is 12.9. The summed E-state index contributed by atoms with van der Waals surface area (Å²) >= 11 is 0. The number of aryl methyl sites for hydroxylation is 2. The number of hydrogen-bond donors (Lipinski definition) is 4. The molecule has 4 N–H and O–H groups in total. The van der Waals surface area contributed by atoms with E-state index in [4.69, 9.17) is 10.2 Å². The molecule has 0 radical (unpaired) electrons. The third kappa shape index (κ3) is 14.6. The summed E-state index contributed by atoms with van der Waals surface area (Å²) in [5.41, 5.74) is 3.11. The van der Waals surface area contributed by atoms with E-state index in [-0.39, 0.29) is 5.92 Å². The number of benzene rings is 2. The predicted octanol–water partition coefficient (Wildman–Crippen LogP) is 6.48. The molecule has 0 saturated carbocycles. The van der Waals surface area contributed by atoms with Crippen molar-refractivity contribution in [1.82, 2.24) is 0 Å². The summed E-state index contributed by atoms with van der Waals surface area (Å²) in [6.07, 6.45) is 5.39. The van der Waals surface area contributed by atoms with Gasteiger partial charge in [0.1, 0.15) is 0 Å². The maximum atomic E-state index is 10.5. The first-order valence-electron chi connectivity index (χ1n) is 12.9. The van der Waals surface area contributed by atoms with E-state index in [0.29, 0.717) is 17.0 Å². The Hall–Kier alpha value is -2.70. The molecule has 36 heavy (non-hydrogen) atoms. The molecule has 202 valence electrons. The van der Waals surface area contributed by atoms with Crippen molar-refractivity contribution < 1.29 is 30.0 Å². The molecule has 2 rings (SSSR count). The van der Waals surface area contributed by atoms with Crippen molar-refractivity contribution in [3.05, 3.63) is 70.8 Å². The van der Waals surface area contributed by atoms with Gasteiger partial charge in [0.15, 0.2) is 0 Å². The third-order valence-electron chi connectivity index (χ3n) is 5.80. The van der Waals surface area contributed by atoms with Crippen LogP contribution in [0.15, 0.2) is 48.5 Å². The summed E-state index contributed by atoms with van der Waals surface area (Å²) in [6.45, 7) is 12.0. The van der Waals surface area contributed by atoms with Crippen LogP contribution >= 0.6 is 0 Å². The Labute approximate surface area is 217 Å². The first kappa shape index (κ1) is 33.3. The van der Waals surface area contributed by atoms with Crippen LogP contribution in [0, 0.1) is 11.8 Å². The summed E-state index contributed by atoms with van der Waals surface area (Å²) in [6, 6.07) is 14.1. The van der Waals surface area contributed by atoms with Crippen molar-refractivity contribution in [2.75, 3.05) is 0 Å². The molecule has 0 aromatic heterocycles. The van der Waals surface area contributed by atoms with Crippen molar-refractivity contribution in [3.8, 4) is 0 Å². The molecule has 6 heteroatoms. The van der Waals surface area contributed by atoms with Gasteiger partial charge in [0, 0.05) is 5.92 Å². The normalized spacial score (nSPS) is 12.9. The third-order valence-corrected chi connectivity index (χ3v) is 5.80. The SMILES string of the molecule is CC(C)CCC(C(C)O)C(C)O.CCCc1ccc(C(=O)O)cc1.CCCc1ccc(C(=O)O)cc1. The number of aliphatic hydroxyl groups excluding tert-OH is 2. The lowest BCUT2D eigenvalue weighted by molar-refractivity contribution is 0.0245. The number of aromatic carboxylic acids is 2. The minimum Gasteiger partial charge on any atom is -0.478 e. The van der Waals surface area contributed by atoms with E-state index in [9.17, 15) is 19.8 Å². The van der Waals surface area contributed by atoms with Crippen LogP contribution < -0.4 is 0 Å². The second-order valence-electron chi connectivity index (χ2n) is 9.62. The van der Waals surface area contributed by atoms with Crippen LogP contribution in [0.25, 0.3) is 0 Å². The van der Waals surface area contributed by atoms with Gasteiger partial charge < -0.3 is 20.4 Å². The minimum atomic E-state index is -0.863. The molecular formula is C30H46O6. The summed E-state index contributed by atoms with van der Waals surface area (Å²) in [4.78, 5) is 20.9. The van der Waals surface area contributed by atoms with E-state index in [1.807, 2.05) is 24.3 Å². The fourth-order valence-electron chi connectivity index (χ4n) is 3.62. The molecule has 0 amide bonds. The van der Waals surface area contributed by atoms with Gasteiger partial charge in [-0.15, -0.1) is 0 Å². The molecule has 0 fully saturated rings. The lowest BCUT2D eigenvalue weighted by Crippen LogP contribution is -2.27. The number of carboxylic acids is 2. The molecule has 0 saturated heterocycles. The highest BCUT2D eigenvalue weighted by Crippen LogP contribution is 2.19. The fourth-order valence-corrected chi connectivity index (χ4v) is 3.62. The van der Waals surface area contributed by atoms with E-state index < -0.39 is 24.1 Å². The molecule has 0 bridgehead atoms. The zero-order valence-corrected chi connectivity index (χ0v) is 22.8. The van der Waals surface area contributed by atoms with E-state index in [1.54, 1.807) is 38.1 Å². The van der Waals surface area contributed by atoms with E-state index in [0.717, 1.165) is 38.5 Å². The van der Waals surface area contributed by atoms with Gasteiger partial charge in [-0.2, -0.15) is 0 Å². The highest BCUT2D eigenvalue weighted by Gasteiger charge is 2.20. The lowest BCUT2D eigenvalue weighted by Gasteiger charge is -2.23. The monoisotopic (exact) mass is 502 g/mol. The number of carbonyl (C=O) groups is 2. The lowest BCUT2D eigenvalue weighted by atomic mass is 9.90. The average Bonchev–Trinajstić information content (AvgIpc) is 2.80. The van der Waals surface area contributed by atoms with Crippen molar-refractivity contribution in [2.24, 2.45) is 11.8 Å². The van der Waals surface area contributed by atoms with E-state index in [1.165, 1.54) is 11.1 Å². The topological polar surface area (TPSA) is 115 Å². The van der Waals surface area contributed by atoms with Gasteiger partial charge in [0.2, 0.25) is 0 Å². The Morgan fingerprint density at radius 2 is 0.972 bits per heavy atom. The Bertz CT molecular complexity index is 787. The quantitative estimate of drug-likeness (QED) is 0.280. The van der Waals surface area contributed by atoms with Gasteiger partial charge in [0.05, 0.1) is 23.3 Å². The highest BCUT2D eigenvalue weighted by molar-refractivity contribution is 5.87. The maximum Gasteiger partial charge on any atom is 0.335 e. The molecule has 6 nitrogen and oxygen atoms in total. The van der Waals surface area contributed by atoms with Crippen LogP contribution in [0.4, 0.5) is 0 Å². The number of hydrogen-bond acceptors (Lipinski definition) is 4. The van der Waals surface area contributed by atoms with Gasteiger partial charge in [-0.25, -0.2) is 9.59 Å². The summed E-state index contributed by atoms with van der Waals surface area (Å²) < 4.78 is 0. The van der Waals surface area contributed by atoms with Crippen LogP contribution in [0.1, 0.15) is 99.1 Å². The Morgan fingerprint density at radius 1 is 0.639 bits per heavy atom. The van der Waals surface area contributed by atoms with Gasteiger partial charge >= 0.3 is 11.9 Å². The molecule has 2 aromatic carbocycles. The molecular weight excluding hydrogens is 456 g/mol. The highest BCUT2D eigenvalue weighted by atomic mass is 16.4. The maximum absolute atomic E-state index is 10.5. The summed E-state index contributed by atoms with van der Waals surface area (Å²) in [5.74, 6) is -1.05. The fraction of sp³-hybridized carbons (Fsp3) is 0.533. The molecule has 2 aromatic rings. The van der Waals surface area contributed by atoms with Crippen molar-refractivity contribution >= 4 is 11.9 Å². The zero-order valence-electron chi connectivity index (χ0n) is 22.8. The Morgan fingerprint density at radius 3 is 1.19 bits per heavy atom. The largest absolute Gasteiger partial charge is 0.478 e. The summed E-state index contributed by atoms with van der Waals surface area (Å²) in [7, 11) is 0. The van der Waals surface area contributed by atoms with Gasteiger partial charge in [-0.3, -0.25) is 0 Å². The van der Waals surface area contributed by atoms with Crippen molar-refractivity contribution in [2.45, 2.75) is 92.3 Å². The van der Waals surface area contributed by atoms with Crippen LogP contribution in [0.2, 0.25) is 0 Å². The Balaban J connectivity index is 0.000000510. The van der Waals surface area contributed by atoms with E-state index in [2.05, 4.69) is 27.7 Å². The molecule has 2 atom stereocenters.